The molecule has 0 heterocycles. The summed E-state index contributed by atoms with van der Waals surface area (Å²) in [5, 5.41) is 1.65. The van der Waals surface area contributed by atoms with Gasteiger partial charge in [0, 0.05) is 13.5 Å². The van der Waals surface area contributed by atoms with Gasteiger partial charge < -0.3 is 4.74 Å². The van der Waals surface area contributed by atoms with Crippen LogP contribution in [0.4, 0.5) is 0 Å². The van der Waals surface area contributed by atoms with E-state index >= 15 is 0 Å². The second-order valence-corrected chi connectivity index (χ2v) is 4.33. The molecule has 1 rings (SSSR count). The van der Waals surface area contributed by atoms with E-state index in [1.54, 1.807) is 7.11 Å². The molecule has 5 heteroatoms. The van der Waals surface area contributed by atoms with E-state index in [1.807, 2.05) is 19.1 Å². The van der Waals surface area contributed by atoms with E-state index < -0.39 is 0 Å². The highest BCUT2D eigenvalue weighted by Gasteiger charge is 2.09. The molecular formula is C12H17ClN2O2. The van der Waals surface area contributed by atoms with Gasteiger partial charge in [-0.15, -0.1) is 0 Å². The zero-order valence-electron chi connectivity index (χ0n) is 10.3. The van der Waals surface area contributed by atoms with Crippen molar-refractivity contribution in [1.29, 1.82) is 0 Å². The summed E-state index contributed by atoms with van der Waals surface area (Å²) >= 11 is 6.03. The van der Waals surface area contributed by atoms with Crippen LogP contribution in [0.1, 0.15) is 17.5 Å². The molecule has 0 bridgehead atoms. The highest BCUT2D eigenvalue weighted by Crippen LogP contribution is 2.28. The van der Waals surface area contributed by atoms with Crippen molar-refractivity contribution in [2.24, 2.45) is 5.84 Å². The second-order valence-electron chi connectivity index (χ2n) is 3.92. The highest BCUT2D eigenvalue weighted by molar-refractivity contribution is 6.32. The molecule has 0 saturated heterocycles. The first-order valence-corrected chi connectivity index (χ1v) is 5.67. The first-order valence-electron chi connectivity index (χ1n) is 5.30. The molecule has 0 fully saturated rings. The van der Waals surface area contributed by atoms with Crippen molar-refractivity contribution >= 4 is 17.5 Å². The van der Waals surface area contributed by atoms with Crippen molar-refractivity contribution in [2.75, 3.05) is 14.2 Å². The molecule has 17 heavy (non-hydrogen) atoms. The Kier molecular flexibility index (Phi) is 4.78. The number of benzene rings is 1. The van der Waals surface area contributed by atoms with Crippen molar-refractivity contribution in [3.63, 3.8) is 0 Å². The molecule has 94 valence electrons. The summed E-state index contributed by atoms with van der Waals surface area (Å²) in [6.45, 7) is 1.96. The van der Waals surface area contributed by atoms with Gasteiger partial charge in [0.15, 0.2) is 0 Å². The Balaban J connectivity index is 2.79. The minimum Gasteiger partial charge on any atom is -0.495 e. The lowest BCUT2D eigenvalue weighted by Gasteiger charge is -2.12. The zero-order valence-corrected chi connectivity index (χ0v) is 11.0. The number of methoxy groups -OCH3 is 1. The number of rotatable bonds is 4. The monoisotopic (exact) mass is 256 g/mol. The third-order valence-corrected chi connectivity index (χ3v) is 2.91. The maximum atomic E-state index is 11.4. The lowest BCUT2D eigenvalue weighted by atomic mass is 10.0. The number of carbonyl (C=O) groups is 1. The smallest absolute Gasteiger partial charge is 0.236 e. The standard InChI is InChI=1S/C12H17ClN2O2/c1-8-6-11(17-3)10(13)7-9(8)4-5-12(16)15(2)14/h6-7H,4-5,14H2,1-3H3. The Morgan fingerprint density at radius 3 is 2.71 bits per heavy atom. The van der Waals surface area contributed by atoms with Crippen LogP contribution in [0, 0.1) is 6.92 Å². The third-order valence-electron chi connectivity index (χ3n) is 2.61. The van der Waals surface area contributed by atoms with Crippen LogP contribution < -0.4 is 10.6 Å². The van der Waals surface area contributed by atoms with E-state index in [9.17, 15) is 4.79 Å². The average molecular weight is 257 g/mol. The van der Waals surface area contributed by atoms with Crippen LogP contribution in [0.5, 0.6) is 5.75 Å². The molecule has 0 aliphatic heterocycles. The van der Waals surface area contributed by atoms with Gasteiger partial charge in [0.05, 0.1) is 12.1 Å². The molecule has 0 atom stereocenters. The van der Waals surface area contributed by atoms with Crippen molar-refractivity contribution in [1.82, 2.24) is 5.01 Å². The number of carbonyl (C=O) groups excluding carboxylic acids is 1. The fraction of sp³-hybridized carbons (Fsp3) is 0.417. The summed E-state index contributed by atoms with van der Waals surface area (Å²) in [7, 11) is 3.11. The molecule has 0 aliphatic rings. The number of hydrogen-bond acceptors (Lipinski definition) is 3. The van der Waals surface area contributed by atoms with Gasteiger partial charge >= 0.3 is 0 Å². The number of nitrogens with two attached hydrogens (primary N) is 1. The molecule has 0 radical (unpaired) electrons. The van der Waals surface area contributed by atoms with Crippen molar-refractivity contribution in [3.8, 4) is 5.75 Å². The number of aryl methyl sites for hydroxylation is 2. The summed E-state index contributed by atoms with van der Waals surface area (Å²) in [4.78, 5) is 11.4. The van der Waals surface area contributed by atoms with E-state index in [2.05, 4.69) is 0 Å². The molecule has 1 aromatic carbocycles. The third kappa shape index (κ3) is 3.61. The maximum Gasteiger partial charge on any atom is 0.236 e. The van der Waals surface area contributed by atoms with Crippen LogP contribution in [0.25, 0.3) is 0 Å². The molecule has 2 N–H and O–H groups in total. The molecular weight excluding hydrogens is 240 g/mol. The van der Waals surface area contributed by atoms with Gasteiger partial charge in [0.25, 0.3) is 0 Å². The molecule has 4 nitrogen and oxygen atoms in total. The number of ether oxygens (including phenoxy) is 1. The normalized spacial score (nSPS) is 10.2. The van der Waals surface area contributed by atoms with Gasteiger partial charge in [-0.3, -0.25) is 9.80 Å². The Hall–Kier alpha value is -1.26. The molecule has 0 spiro atoms. The van der Waals surface area contributed by atoms with Gasteiger partial charge in [0.2, 0.25) is 5.91 Å². The summed E-state index contributed by atoms with van der Waals surface area (Å²) in [5.74, 6) is 5.90. The van der Waals surface area contributed by atoms with E-state index in [0.29, 0.717) is 23.6 Å². The molecule has 0 unspecified atom stereocenters. The number of halogens is 1. The predicted molar refractivity (Wildman–Crippen MR) is 68.0 cm³/mol. The highest BCUT2D eigenvalue weighted by atomic mass is 35.5. The first-order chi connectivity index (χ1) is 7.95. The minimum absolute atomic E-state index is 0.101. The second kappa shape index (κ2) is 5.89. The van der Waals surface area contributed by atoms with Crippen LogP contribution in [-0.2, 0) is 11.2 Å². The van der Waals surface area contributed by atoms with Crippen molar-refractivity contribution in [2.45, 2.75) is 19.8 Å². The summed E-state index contributed by atoms with van der Waals surface area (Å²) in [6, 6.07) is 3.70. The quantitative estimate of drug-likeness (QED) is 0.509. The largest absolute Gasteiger partial charge is 0.495 e. The molecule has 1 amide bonds. The SMILES string of the molecule is COc1cc(C)c(CCC(=O)N(C)N)cc1Cl. The Morgan fingerprint density at radius 2 is 2.18 bits per heavy atom. The average Bonchev–Trinajstić information content (AvgIpc) is 2.29. The van der Waals surface area contributed by atoms with Crippen molar-refractivity contribution in [3.05, 3.63) is 28.3 Å². The maximum absolute atomic E-state index is 11.4. The fourth-order valence-electron chi connectivity index (χ4n) is 1.54. The lowest BCUT2D eigenvalue weighted by molar-refractivity contribution is -0.130. The first kappa shape index (κ1) is 13.8. The Labute approximate surface area is 106 Å². The predicted octanol–water partition coefficient (Wildman–Crippen LogP) is 1.92. The van der Waals surface area contributed by atoms with Gasteiger partial charge in [-0.25, -0.2) is 5.84 Å². The van der Waals surface area contributed by atoms with E-state index in [4.69, 9.17) is 22.2 Å². The van der Waals surface area contributed by atoms with Gasteiger partial charge in [0.1, 0.15) is 5.75 Å². The van der Waals surface area contributed by atoms with Gasteiger partial charge in [-0.2, -0.15) is 0 Å². The summed E-state index contributed by atoms with van der Waals surface area (Å²) in [5.41, 5.74) is 2.09. The summed E-state index contributed by atoms with van der Waals surface area (Å²) in [6.07, 6.45) is 0.992. The molecule has 1 aromatic rings. The van der Waals surface area contributed by atoms with E-state index in [1.165, 1.54) is 7.05 Å². The van der Waals surface area contributed by atoms with Crippen LogP contribution in [0.2, 0.25) is 5.02 Å². The topological polar surface area (TPSA) is 55.6 Å². The minimum atomic E-state index is -0.101. The summed E-state index contributed by atoms with van der Waals surface area (Å²) < 4.78 is 5.12. The van der Waals surface area contributed by atoms with Crippen LogP contribution in [0.15, 0.2) is 12.1 Å². The van der Waals surface area contributed by atoms with E-state index in [-0.39, 0.29) is 5.91 Å². The lowest BCUT2D eigenvalue weighted by Crippen LogP contribution is -2.33. The van der Waals surface area contributed by atoms with Crippen LogP contribution in [-0.4, -0.2) is 25.1 Å². The Morgan fingerprint density at radius 1 is 1.53 bits per heavy atom. The Bertz CT molecular complexity index is 419. The molecule has 0 aromatic heterocycles. The van der Waals surface area contributed by atoms with Gasteiger partial charge in [-0.05, 0) is 36.6 Å². The fourth-order valence-corrected chi connectivity index (χ4v) is 1.80. The number of amides is 1. The number of hydrogen-bond donors (Lipinski definition) is 1. The van der Waals surface area contributed by atoms with Crippen LogP contribution in [0.3, 0.4) is 0 Å². The van der Waals surface area contributed by atoms with Crippen molar-refractivity contribution < 1.29 is 9.53 Å². The number of nitrogens with zero attached hydrogens (tertiary/aromatic N) is 1. The number of hydrazine groups is 1. The van der Waals surface area contributed by atoms with Crippen LogP contribution >= 0.6 is 11.6 Å². The zero-order chi connectivity index (χ0) is 13.0. The molecule has 0 aliphatic carbocycles. The molecule has 0 saturated carbocycles. The van der Waals surface area contributed by atoms with E-state index in [0.717, 1.165) is 16.1 Å². The van der Waals surface area contributed by atoms with Gasteiger partial charge in [-0.1, -0.05) is 11.6 Å².